The van der Waals surface area contributed by atoms with E-state index in [0.717, 1.165) is 53.6 Å². The molecule has 170 valence electrons. The van der Waals surface area contributed by atoms with Crippen molar-refractivity contribution in [2.45, 2.75) is 43.7 Å². The molecule has 0 spiro atoms. The van der Waals surface area contributed by atoms with Crippen molar-refractivity contribution in [1.82, 2.24) is 20.1 Å². The lowest BCUT2D eigenvalue weighted by atomic mass is 10.1. The molecule has 2 aromatic heterocycles. The molecule has 3 aromatic rings. The average molecular weight is 471 g/mol. The molecular weight excluding hydrogens is 440 g/mol. The number of likely N-dealkylation sites (tertiary alicyclic amines) is 1. The summed E-state index contributed by atoms with van der Waals surface area (Å²) in [5.74, 6) is 0.970. The molecular formula is C23H30N6OS2. The highest BCUT2D eigenvalue weighted by Crippen LogP contribution is 2.25. The quantitative estimate of drug-likeness (QED) is 0.272. The number of hydrogen-bond acceptors (Lipinski definition) is 9. The molecule has 1 aliphatic heterocycles. The van der Waals surface area contributed by atoms with Gasteiger partial charge in [-0.1, -0.05) is 36.0 Å². The largest absolute Gasteiger partial charge is 0.494 e. The number of ether oxygens (including phenoxy) is 1. The third-order valence-corrected chi connectivity index (χ3v) is 6.85. The van der Waals surface area contributed by atoms with E-state index in [2.05, 4.69) is 54.4 Å². The number of unbranched alkanes of at least 4 members (excludes halogenated alkanes) is 1. The fourth-order valence-corrected chi connectivity index (χ4v) is 4.87. The molecule has 3 heterocycles. The second-order valence-corrected chi connectivity index (χ2v) is 9.56. The minimum absolute atomic E-state index is 0.721. The second kappa shape index (κ2) is 12.6. The Labute approximate surface area is 198 Å². The van der Waals surface area contributed by atoms with Crippen LogP contribution in [0, 0.1) is 0 Å². The third kappa shape index (κ3) is 7.65. The molecule has 1 fully saturated rings. The van der Waals surface area contributed by atoms with Crippen LogP contribution < -0.4 is 14.8 Å². The summed E-state index contributed by atoms with van der Waals surface area (Å²) in [6.07, 6.45) is 7.79. The van der Waals surface area contributed by atoms with Gasteiger partial charge in [-0.2, -0.15) is 0 Å². The SMILES string of the molecule is c1ccc(SNc2nnc(NCCCCOc3cccc(CN4CCCCC4)c3)s2)nc1. The van der Waals surface area contributed by atoms with Crippen molar-refractivity contribution in [3.8, 4) is 5.75 Å². The Balaban J connectivity index is 1.09. The van der Waals surface area contributed by atoms with Gasteiger partial charge in [0.25, 0.3) is 0 Å². The van der Waals surface area contributed by atoms with Gasteiger partial charge in [0, 0.05) is 31.2 Å². The van der Waals surface area contributed by atoms with Crippen LogP contribution in [0.15, 0.2) is 53.7 Å². The lowest BCUT2D eigenvalue weighted by molar-refractivity contribution is 0.220. The van der Waals surface area contributed by atoms with Crippen LogP contribution in [0.25, 0.3) is 0 Å². The molecule has 1 aromatic carbocycles. The van der Waals surface area contributed by atoms with Crippen LogP contribution in [-0.4, -0.2) is 46.3 Å². The van der Waals surface area contributed by atoms with E-state index in [1.54, 1.807) is 6.20 Å². The molecule has 32 heavy (non-hydrogen) atoms. The molecule has 4 rings (SSSR count). The molecule has 0 radical (unpaired) electrons. The molecule has 0 atom stereocenters. The fourth-order valence-electron chi connectivity index (χ4n) is 3.56. The van der Waals surface area contributed by atoms with Gasteiger partial charge in [-0.15, -0.1) is 10.2 Å². The van der Waals surface area contributed by atoms with Crippen molar-refractivity contribution in [3.63, 3.8) is 0 Å². The Bertz CT molecular complexity index is 933. The monoisotopic (exact) mass is 470 g/mol. The minimum Gasteiger partial charge on any atom is -0.494 e. The summed E-state index contributed by atoms with van der Waals surface area (Å²) >= 11 is 2.93. The van der Waals surface area contributed by atoms with Gasteiger partial charge in [0.1, 0.15) is 10.8 Å². The summed E-state index contributed by atoms with van der Waals surface area (Å²) in [6, 6.07) is 14.3. The zero-order valence-corrected chi connectivity index (χ0v) is 19.8. The van der Waals surface area contributed by atoms with Crippen molar-refractivity contribution >= 4 is 33.5 Å². The Morgan fingerprint density at radius 2 is 1.91 bits per heavy atom. The number of hydrogen-bond donors (Lipinski definition) is 2. The van der Waals surface area contributed by atoms with Crippen LogP contribution >= 0.6 is 23.3 Å². The normalized spacial score (nSPS) is 14.2. The molecule has 1 aliphatic rings. The first-order chi connectivity index (χ1) is 15.8. The number of nitrogens with zero attached hydrogens (tertiary/aromatic N) is 4. The average Bonchev–Trinajstić information content (AvgIpc) is 3.29. The van der Waals surface area contributed by atoms with Gasteiger partial charge in [-0.3, -0.25) is 9.62 Å². The summed E-state index contributed by atoms with van der Waals surface area (Å²) in [7, 11) is 0. The zero-order valence-electron chi connectivity index (χ0n) is 18.2. The van der Waals surface area contributed by atoms with Gasteiger partial charge in [-0.25, -0.2) is 4.98 Å². The first-order valence-corrected chi connectivity index (χ1v) is 12.8. The molecule has 9 heteroatoms. The minimum atomic E-state index is 0.721. The Hall–Kier alpha value is -2.36. The number of nitrogens with one attached hydrogen (secondary N) is 2. The number of benzene rings is 1. The first-order valence-electron chi connectivity index (χ1n) is 11.2. The summed E-state index contributed by atoms with van der Waals surface area (Å²) in [5, 5.41) is 14.1. The predicted octanol–water partition coefficient (Wildman–Crippen LogP) is 5.31. The van der Waals surface area contributed by atoms with Crippen molar-refractivity contribution in [1.29, 1.82) is 0 Å². The number of rotatable bonds is 12. The zero-order chi connectivity index (χ0) is 21.8. The van der Waals surface area contributed by atoms with Crippen molar-refractivity contribution in [2.24, 2.45) is 0 Å². The summed E-state index contributed by atoms with van der Waals surface area (Å²) < 4.78 is 9.15. The molecule has 0 aliphatic carbocycles. The summed E-state index contributed by atoms with van der Waals surface area (Å²) in [5.41, 5.74) is 1.34. The highest BCUT2D eigenvalue weighted by molar-refractivity contribution is 8.00. The summed E-state index contributed by atoms with van der Waals surface area (Å²) in [4.78, 5) is 6.80. The standard InChI is InChI=1S/C23H30N6OS2/c1-5-14-29(15-6-1)18-19-9-8-10-20(17-19)30-16-7-4-13-25-22-26-27-23(31-22)28-32-21-11-2-3-12-24-21/h2-3,8-12,17H,1,4-7,13-16,18H2,(H,25,26)(H,27,28). The van der Waals surface area contributed by atoms with Crippen LogP contribution in [0.2, 0.25) is 0 Å². The molecule has 7 nitrogen and oxygen atoms in total. The molecule has 0 saturated carbocycles. The lowest BCUT2D eigenvalue weighted by Crippen LogP contribution is -2.29. The van der Waals surface area contributed by atoms with Gasteiger partial charge in [-0.05, 0) is 68.6 Å². The van der Waals surface area contributed by atoms with Crippen LogP contribution in [0.3, 0.4) is 0 Å². The first kappa shape index (κ1) is 22.8. The fraction of sp³-hybridized carbons (Fsp3) is 0.435. The van der Waals surface area contributed by atoms with E-state index in [1.807, 2.05) is 18.2 Å². The van der Waals surface area contributed by atoms with Gasteiger partial charge in [0.2, 0.25) is 10.3 Å². The number of aromatic nitrogens is 3. The number of piperidine rings is 1. The predicted molar refractivity (Wildman–Crippen MR) is 132 cm³/mol. The van der Waals surface area contributed by atoms with Gasteiger partial charge in [0.15, 0.2) is 0 Å². The smallest absolute Gasteiger partial charge is 0.217 e. The molecule has 2 N–H and O–H groups in total. The molecule has 0 amide bonds. The Morgan fingerprint density at radius 1 is 1.00 bits per heavy atom. The van der Waals surface area contributed by atoms with E-state index >= 15 is 0 Å². The van der Waals surface area contributed by atoms with E-state index in [-0.39, 0.29) is 0 Å². The van der Waals surface area contributed by atoms with Crippen LogP contribution in [0.4, 0.5) is 10.3 Å². The van der Waals surface area contributed by atoms with E-state index in [0.29, 0.717) is 0 Å². The van der Waals surface area contributed by atoms with Crippen molar-refractivity contribution < 1.29 is 4.74 Å². The third-order valence-electron chi connectivity index (χ3n) is 5.18. The molecule has 0 unspecified atom stereocenters. The number of anilines is 2. The Kier molecular flexibility index (Phi) is 9.00. The van der Waals surface area contributed by atoms with Crippen molar-refractivity contribution in [2.75, 3.05) is 36.3 Å². The van der Waals surface area contributed by atoms with Gasteiger partial charge in [0.05, 0.1) is 6.61 Å². The summed E-state index contributed by atoms with van der Waals surface area (Å²) in [6.45, 7) is 5.03. The number of pyridine rings is 1. The van der Waals surface area contributed by atoms with Crippen LogP contribution in [0.1, 0.15) is 37.7 Å². The van der Waals surface area contributed by atoms with E-state index in [1.165, 1.54) is 61.2 Å². The van der Waals surface area contributed by atoms with Gasteiger partial charge < -0.3 is 10.1 Å². The van der Waals surface area contributed by atoms with E-state index in [9.17, 15) is 0 Å². The topological polar surface area (TPSA) is 75.2 Å². The maximum atomic E-state index is 5.98. The molecule has 0 bridgehead atoms. The van der Waals surface area contributed by atoms with Gasteiger partial charge >= 0.3 is 0 Å². The Morgan fingerprint density at radius 3 is 2.78 bits per heavy atom. The highest BCUT2D eigenvalue weighted by Gasteiger charge is 2.10. The van der Waals surface area contributed by atoms with Crippen LogP contribution in [-0.2, 0) is 6.54 Å². The van der Waals surface area contributed by atoms with Crippen molar-refractivity contribution in [3.05, 3.63) is 54.2 Å². The maximum absolute atomic E-state index is 5.98. The second-order valence-electron chi connectivity index (χ2n) is 7.75. The highest BCUT2D eigenvalue weighted by atomic mass is 32.2. The lowest BCUT2D eigenvalue weighted by Gasteiger charge is -2.26. The molecule has 1 saturated heterocycles. The maximum Gasteiger partial charge on any atom is 0.217 e. The van der Waals surface area contributed by atoms with E-state index in [4.69, 9.17) is 4.74 Å². The van der Waals surface area contributed by atoms with E-state index < -0.39 is 0 Å². The van der Waals surface area contributed by atoms with Crippen LogP contribution in [0.5, 0.6) is 5.75 Å².